The van der Waals surface area contributed by atoms with E-state index in [4.69, 9.17) is 0 Å². The molecule has 1 aromatic heterocycles. The summed E-state index contributed by atoms with van der Waals surface area (Å²) in [7, 11) is 1.78. The van der Waals surface area contributed by atoms with Gasteiger partial charge in [-0.2, -0.15) is 0 Å². The number of anilines is 1. The number of hydrogen-bond donors (Lipinski definition) is 1. The first kappa shape index (κ1) is 21.3. The van der Waals surface area contributed by atoms with E-state index in [-0.39, 0.29) is 11.5 Å². The van der Waals surface area contributed by atoms with E-state index in [0.29, 0.717) is 12.1 Å². The summed E-state index contributed by atoms with van der Waals surface area (Å²) in [5.41, 5.74) is 8.40. The van der Waals surface area contributed by atoms with Crippen molar-refractivity contribution in [3.63, 3.8) is 0 Å². The van der Waals surface area contributed by atoms with E-state index in [0.717, 1.165) is 28.7 Å². The molecule has 1 amide bonds. The third kappa shape index (κ3) is 4.43. The standard InChI is InChI=1S/C26H28N2O2/c1-6-19-13-21(16-28(5)26(19)30)24-15-22(27-25(29)7-2)12-11-20(24)14-23-17(3)9-8-10-18(23)4/h7-13,15-16H,2,6,14H2,1,3-5H3,(H,27,29). The molecule has 0 fully saturated rings. The smallest absolute Gasteiger partial charge is 0.253 e. The first-order valence-corrected chi connectivity index (χ1v) is 10.2. The highest BCUT2D eigenvalue weighted by molar-refractivity contribution is 5.99. The average Bonchev–Trinajstić information content (AvgIpc) is 2.73. The average molecular weight is 401 g/mol. The lowest BCUT2D eigenvalue weighted by Crippen LogP contribution is -2.20. The minimum Gasteiger partial charge on any atom is -0.323 e. The van der Waals surface area contributed by atoms with E-state index in [2.05, 4.69) is 50.0 Å². The summed E-state index contributed by atoms with van der Waals surface area (Å²) in [6.45, 7) is 9.76. The van der Waals surface area contributed by atoms with Crippen LogP contribution in [0.15, 0.2) is 66.1 Å². The van der Waals surface area contributed by atoms with Crippen molar-refractivity contribution in [2.24, 2.45) is 7.05 Å². The van der Waals surface area contributed by atoms with Crippen LogP contribution < -0.4 is 10.9 Å². The largest absolute Gasteiger partial charge is 0.323 e. The number of carbonyl (C=O) groups is 1. The van der Waals surface area contributed by atoms with Gasteiger partial charge in [0.05, 0.1) is 0 Å². The van der Waals surface area contributed by atoms with Gasteiger partial charge in [0.25, 0.3) is 5.56 Å². The van der Waals surface area contributed by atoms with E-state index >= 15 is 0 Å². The highest BCUT2D eigenvalue weighted by atomic mass is 16.1. The van der Waals surface area contributed by atoms with Gasteiger partial charge in [0.2, 0.25) is 5.91 Å². The monoisotopic (exact) mass is 400 g/mol. The number of nitrogens with one attached hydrogen (secondary N) is 1. The highest BCUT2D eigenvalue weighted by Gasteiger charge is 2.13. The summed E-state index contributed by atoms with van der Waals surface area (Å²) in [4.78, 5) is 24.2. The second kappa shape index (κ2) is 8.95. The summed E-state index contributed by atoms with van der Waals surface area (Å²) < 4.78 is 1.63. The summed E-state index contributed by atoms with van der Waals surface area (Å²) in [6.07, 6.45) is 4.56. The van der Waals surface area contributed by atoms with Gasteiger partial charge in [-0.05, 0) is 84.3 Å². The second-order valence-electron chi connectivity index (χ2n) is 7.64. The van der Waals surface area contributed by atoms with Gasteiger partial charge in [0.15, 0.2) is 0 Å². The molecule has 2 aromatic carbocycles. The maximum atomic E-state index is 12.4. The molecule has 0 bridgehead atoms. The Balaban J connectivity index is 2.18. The van der Waals surface area contributed by atoms with Crippen molar-refractivity contribution in [1.82, 2.24) is 4.57 Å². The minimum absolute atomic E-state index is 0.0219. The van der Waals surface area contributed by atoms with Crippen molar-refractivity contribution in [3.05, 3.63) is 99.5 Å². The van der Waals surface area contributed by atoms with Crippen LogP contribution in [-0.2, 0) is 24.7 Å². The van der Waals surface area contributed by atoms with Crippen molar-refractivity contribution in [1.29, 1.82) is 0 Å². The molecule has 1 N–H and O–H groups in total. The Labute approximate surface area is 177 Å². The molecule has 0 saturated carbocycles. The van der Waals surface area contributed by atoms with Gasteiger partial charge >= 0.3 is 0 Å². The molecule has 3 aromatic rings. The molecule has 0 radical (unpaired) electrons. The number of carbonyl (C=O) groups excluding carboxylic acids is 1. The van der Waals surface area contributed by atoms with Crippen LogP contribution in [0.1, 0.15) is 34.7 Å². The number of nitrogens with zero attached hydrogens (tertiary/aromatic N) is 1. The fourth-order valence-corrected chi connectivity index (χ4v) is 3.77. The number of rotatable bonds is 6. The molecule has 1 heterocycles. The molecule has 0 unspecified atom stereocenters. The number of aryl methyl sites for hydroxylation is 4. The number of benzene rings is 2. The van der Waals surface area contributed by atoms with Crippen LogP contribution in [-0.4, -0.2) is 10.5 Å². The zero-order chi connectivity index (χ0) is 21.8. The molecule has 0 aliphatic rings. The van der Waals surface area contributed by atoms with E-state index in [1.54, 1.807) is 11.6 Å². The fraction of sp³-hybridized carbons (Fsp3) is 0.231. The SMILES string of the molecule is C=CC(=O)Nc1ccc(Cc2c(C)cccc2C)c(-c2cc(CC)c(=O)n(C)c2)c1. The van der Waals surface area contributed by atoms with Gasteiger partial charge in [-0.25, -0.2) is 0 Å². The molecular weight excluding hydrogens is 372 g/mol. The van der Waals surface area contributed by atoms with Crippen LogP contribution in [0, 0.1) is 13.8 Å². The molecule has 0 atom stereocenters. The normalized spacial score (nSPS) is 10.7. The first-order valence-electron chi connectivity index (χ1n) is 10.2. The first-order chi connectivity index (χ1) is 14.3. The Morgan fingerprint density at radius 3 is 2.43 bits per heavy atom. The van der Waals surface area contributed by atoms with Gasteiger partial charge in [-0.1, -0.05) is 37.8 Å². The molecule has 30 heavy (non-hydrogen) atoms. The predicted octanol–water partition coefficient (Wildman–Crippen LogP) is 4.95. The van der Waals surface area contributed by atoms with Crippen LogP contribution in [0.5, 0.6) is 0 Å². The lowest BCUT2D eigenvalue weighted by molar-refractivity contribution is -0.111. The Morgan fingerprint density at radius 2 is 1.80 bits per heavy atom. The maximum absolute atomic E-state index is 12.4. The summed E-state index contributed by atoms with van der Waals surface area (Å²) in [5, 5.41) is 2.84. The topological polar surface area (TPSA) is 51.1 Å². The molecule has 4 nitrogen and oxygen atoms in total. The lowest BCUT2D eigenvalue weighted by atomic mass is 9.91. The van der Waals surface area contributed by atoms with Gasteiger partial charge in [0, 0.05) is 24.5 Å². The van der Waals surface area contributed by atoms with Crippen molar-refractivity contribution < 1.29 is 4.79 Å². The fourth-order valence-electron chi connectivity index (χ4n) is 3.77. The molecule has 0 saturated heterocycles. The molecule has 154 valence electrons. The molecular formula is C26H28N2O2. The molecule has 0 aliphatic heterocycles. The summed E-state index contributed by atoms with van der Waals surface area (Å²) >= 11 is 0. The lowest BCUT2D eigenvalue weighted by Gasteiger charge is -2.17. The minimum atomic E-state index is -0.252. The quantitative estimate of drug-likeness (QED) is 0.596. The van der Waals surface area contributed by atoms with E-state index in [1.165, 1.54) is 22.8 Å². The zero-order valence-corrected chi connectivity index (χ0v) is 18.1. The van der Waals surface area contributed by atoms with Crippen molar-refractivity contribution in [3.8, 4) is 11.1 Å². The zero-order valence-electron chi connectivity index (χ0n) is 18.1. The third-order valence-corrected chi connectivity index (χ3v) is 5.52. The molecule has 4 heteroatoms. The van der Waals surface area contributed by atoms with Crippen LogP contribution in [0.25, 0.3) is 11.1 Å². The van der Waals surface area contributed by atoms with Crippen LogP contribution >= 0.6 is 0 Å². The second-order valence-corrected chi connectivity index (χ2v) is 7.64. The van der Waals surface area contributed by atoms with Gasteiger partial charge in [-0.15, -0.1) is 0 Å². The van der Waals surface area contributed by atoms with Crippen molar-refractivity contribution >= 4 is 11.6 Å². The number of hydrogen-bond acceptors (Lipinski definition) is 2. The van der Waals surface area contributed by atoms with E-state index in [9.17, 15) is 9.59 Å². The summed E-state index contributed by atoms with van der Waals surface area (Å²) in [5.74, 6) is -0.252. The molecule has 0 spiro atoms. The Kier molecular flexibility index (Phi) is 6.36. The number of pyridine rings is 1. The Morgan fingerprint density at radius 1 is 1.10 bits per heavy atom. The Hall–Kier alpha value is -3.40. The van der Waals surface area contributed by atoms with Crippen LogP contribution in [0.2, 0.25) is 0 Å². The van der Waals surface area contributed by atoms with E-state index in [1.807, 2.05) is 31.3 Å². The van der Waals surface area contributed by atoms with Crippen molar-refractivity contribution in [2.45, 2.75) is 33.6 Å². The highest BCUT2D eigenvalue weighted by Crippen LogP contribution is 2.30. The van der Waals surface area contributed by atoms with Crippen LogP contribution in [0.4, 0.5) is 5.69 Å². The van der Waals surface area contributed by atoms with E-state index < -0.39 is 0 Å². The Bertz CT molecular complexity index is 1150. The van der Waals surface area contributed by atoms with Gasteiger partial charge < -0.3 is 9.88 Å². The predicted molar refractivity (Wildman–Crippen MR) is 124 cm³/mol. The maximum Gasteiger partial charge on any atom is 0.253 e. The molecule has 0 aliphatic carbocycles. The van der Waals surface area contributed by atoms with Gasteiger partial charge in [0.1, 0.15) is 0 Å². The summed E-state index contributed by atoms with van der Waals surface area (Å²) in [6, 6.07) is 14.2. The number of aromatic nitrogens is 1. The van der Waals surface area contributed by atoms with Crippen molar-refractivity contribution in [2.75, 3.05) is 5.32 Å². The molecule has 3 rings (SSSR count). The van der Waals surface area contributed by atoms with Crippen LogP contribution in [0.3, 0.4) is 0 Å². The number of amides is 1. The third-order valence-electron chi connectivity index (χ3n) is 5.52. The van der Waals surface area contributed by atoms with Gasteiger partial charge in [-0.3, -0.25) is 9.59 Å².